The third-order valence-electron chi connectivity index (χ3n) is 6.40. The molecule has 36 heavy (non-hydrogen) atoms. The van der Waals surface area contributed by atoms with Gasteiger partial charge in [-0.3, -0.25) is 19.3 Å². The van der Waals surface area contributed by atoms with Gasteiger partial charge in [-0.2, -0.15) is 0 Å². The van der Waals surface area contributed by atoms with Crippen molar-refractivity contribution in [3.63, 3.8) is 0 Å². The topological polar surface area (TPSA) is 95.6 Å². The molecule has 0 radical (unpaired) electrons. The van der Waals surface area contributed by atoms with Gasteiger partial charge in [0.05, 0.1) is 6.54 Å². The van der Waals surface area contributed by atoms with Crippen LogP contribution in [0.25, 0.3) is 10.8 Å². The number of fused-ring (bicyclic) bond motifs is 1. The number of nitrogens with zero attached hydrogens (tertiary/aromatic N) is 1. The van der Waals surface area contributed by atoms with Crippen LogP contribution in [0.2, 0.25) is 0 Å². The summed E-state index contributed by atoms with van der Waals surface area (Å²) in [5.74, 6) is -1.13. The molecule has 1 saturated heterocycles. The van der Waals surface area contributed by atoms with Gasteiger partial charge >= 0.3 is 6.03 Å². The minimum absolute atomic E-state index is 0.262. The third kappa shape index (κ3) is 4.22. The van der Waals surface area contributed by atoms with Gasteiger partial charge in [0.25, 0.3) is 11.8 Å². The normalized spacial score (nSPS) is 17.2. The van der Waals surface area contributed by atoms with E-state index in [1.54, 1.807) is 55.5 Å². The molecule has 178 valence electrons. The molecule has 4 aromatic carbocycles. The van der Waals surface area contributed by atoms with Crippen LogP contribution in [0, 0.1) is 0 Å². The lowest BCUT2D eigenvalue weighted by atomic mass is 9.90. The molecule has 1 fully saturated rings. The van der Waals surface area contributed by atoms with Crippen molar-refractivity contribution in [2.24, 2.45) is 0 Å². The second-order valence-corrected chi connectivity index (χ2v) is 8.83. The number of Topliss-reactive ketones (excluding diaryl/α,β-unsaturated/α-hetero) is 1. The molecule has 0 saturated carbocycles. The summed E-state index contributed by atoms with van der Waals surface area (Å²) < 4.78 is 0. The van der Waals surface area contributed by atoms with E-state index in [1.165, 1.54) is 0 Å². The zero-order valence-electron chi connectivity index (χ0n) is 19.5. The van der Waals surface area contributed by atoms with Crippen molar-refractivity contribution in [1.82, 2.24) is 10.2 Å². The van der Waals surface area contributed by atoms with Gasteiger partial charge in [-0.25, -0.2) is 4.79 Å². The number of carbonyl (C=O) groups is 4. The van der Waals surface area contributed by atoms with Crippen LogP contribution in [-0.4, -0.2) is 35.1 Å². The van der Waals surface area contributed by atoms with Crippen LogP contribution in [0.3, 0.4) is 0 Å². The van der Waals surface area contributed by atoms with E-state index < -0.39 is 17.5 Å². The fraction of sp³-hybridized carbons (Fsp3) is 0.103. The zero-order chi connectivity index (χ0) is 25.3. The number of anilines is 1. The second-order valence-electron chi connectivity index (χ2n) is 8.83. The summed E-state index contributed by atoms with van der Waals surface area (Å²) in [6.45, 7) is 1.26. The molecule has 1 aliphatic heterocycles. The lowest BCUT2D eigenvalue weighted by molar-refractivity contribution is -0.130. The largest absolute Gasteiger partial charge is 0.325 e. The number of rotatable bonds is 6. The van der Waals surface area contributed by atoms with Gasteiger partial charge in [0.1, 0.15) is 5.54 Å². The maximum absolute atomic E-state index is 13.3. The molecular formula is C29H23N3O4. The Morgan fingerprint density at radius 3 is 2.19 bits per heavy atom. The minimum Gasteiger partial charge on any atom is -0.322 e. The van der Waals surface area contributed by atoms with Crippen molar-refractivity contribution >= 4 is 40.1 Å². The van der Waals surface area contributed by atoms with Gasteiger partial charge in [0.15, 0.2) is 5.78 Å². The molecule has 7 nitrogen and oxygen atoms in total. The standard InChI is InChI=1S/C29H23N3O4/c1-29(23-14-11-19-7-5-6-10-22(19)17-23)27(35)32(28(36)31-29)18-25(33)20-12-15-24(16-13-20)30-26(34)21-8-3-2-4-9-21/h2-17H,18H2,1H3,(H,30,34)(H,31,36)/t29-/m1/s1. The first-order valence-electron chi connectivity index (χ1n) is 11.5. The molecule has 4 amide bonds. The Morgan fingerprint density at radius 1 is 0.806 bits per heavy atom. The van der Waals surface area contributed by atoms with E-state index >= 15 is 0 Å². The van der Waals surface area contributed by atoms with Crippen LogP contribution in [0.4, 0.5) is 10.5 Å². The molecule has 7 heteroatoms. The van der Waals surface area contributed by atoms with E-state index in [1.807, 2.05) is 48.5 Å². The highest BCUT2D eigenvalue weighted by molar-refractivity contribution is 6.11. The third-order valence-corrected chi connectivity index (χ3v) is 6.40. The molecule has 1 aliphatic rings. The first kappa shape index (κ1) is 23.0. The van der Waals surface area contributed by atoms with Crippen LogP contribution < -0.4 is 10.6 Å². The van der Waals surface area contributed by atoms with Crippen molar-refractivity contribution in [2.75, 3.05) is 11.9 Å². The molecule has 0 spiro atoms. The number of imide groups is 1. The molecule has 0 unspecified atom stereocenters. The van der Waals surface area contributed by atoms with E-state index in [0.29, 0.717) is 22.4 Å². The number of benzene rings is 4. The molecule has 0 bridgehead atoms. The molecule has 2 N–H and O–H groups in total. The first-order valence-corrected chi connectivity index (χ1v) is 11.5. The van der Waals surface area contributed by atoms with Crippen molar-refractivity contribution < 1.29 is 19.2 Å². The Labute approximate surface area is 207 Å². The molecular weight excluding hydrogens is 454 g/mol. The summed E-state index contributed by atoms with van der Waals surface area (Å²) in [6, 6.07) is 27.9. The summed E-state index contributed by atoms with van der Waals surface area (Å²) >= 11 is 0. The predicted molar refractivity (Wildman–Crippen MR) is 137 cm³/mol. The maximum Gasteiger partial charge on any atom is 0.325 e. The van der Waals surface area contributed by atoms with Gasteiger partial charge < -0.3 is 10.6 Å². The number of hydrogen-bond donors (Lipinski definition) is 2. The number of amides is 4. The van der Waals surface area contributed by atoms with Gasteiger partial charge in [-0.15, -0.1) is 0 Å². The summed E-state index contributed by atoms with van der Waals surface area (Å²) in [6.07, 6.45) is 0. The number of carbonyl (C=O) groups excluding carboxylic acids is 4. The summed E-state index contributed by atoms with van der Waals surface area (Å²) in [5, 5.41) is 7.50. The van der Waals surface area contributed by atoms with Crippen LogP contribution >= 0.6 is 0 Å². The van der Waals surface area contributed by atoms with E-state index in [9.17, 15) is 19.2 Å². The molecule has 1 atom stereocenters. The number of hydrogen-bond acceptors (Lipinski definition) is 4. The van der Waals surface area contributed by atoms with Crippen LogP contribution in [-0.2, 0) is 10.3 Å². The van der Waals surface area contributed by atoms with Gasteiger partial charge in [-0.1, -0.05) is 54.6 Å². The Bertz CT molecular complexity index is 1500. The molecule has 0 aromatic heterocycles. The highest BCUT2D eigenvalue weighted by Crippen LogP contribution is 2.31. The molecule has 1 heterocycles. The Kier molecular flexibility index (Phi) is 5.82. The number of nitrogens with one attached hydrogen (secondary N) is 2. The van der Waals surface area contributed by atoms with Crippen molar-refractivity contribution in [1.29, 1.82) is 0 Å². The fourth-order valence-electron chi connectivity index (χ4n) is 4.30. The average Bonchev–Trinajstić information content (AvgIpc) is 3.13. The van der Waals surface area contributed by atoms with E-state index in [2.05, 4.69) is 10.6 Å². The molecule has 5 rings (SSSR count). The molecule has 4 aromatic rings. The smallest absolute Gasteiger partial charge is 0.322 e. The maximum atomic E-state index is 13.3. The Balaban J connectivity index is 1.29. The number of urea groups is 1. The lowest BCUT2D eigenvalue weighted by Crippen LogP contribution is -2.41. The SMILES string of the molecule is C[C@]1(c2ccc3ccccc3c2)NC(=O)N(CC(=O)c2ccc(NC(=O)c3ccccc3)cc2)C1=O. The van der Waals surface area contributed by atoms with E-state index in [-0.39, 0.29) is 18.2 Å². The average molecular weight is 478 g/mol. The first-order chi connectivity index (χ1) is 17.3. The summed E-state index contributed by atoms with van der Waals surface area (Å²) in [4.78, 5) is 52.2. The van der Waals surface area contributed by atoms with Crippen LogP contribution in [0.15, 0.2) is 97.1 Å². The minimum atomic E-state index is -1.27. The zero-order valence-corrected chi connectivity index (χ0v) is 19.5. The highest BCUT2D eigenvalue weighted by Gasteiger charge is 2.49. The van der Waals surface area contributed by atoms with Crippen molar-refractivity contribution in [3.8, 4) is 0 Å². The van der Waals surface area contributed by atoms with Gasteiger partial charge in [-0.05, 0) is 65.7 Å². The quantitative estimate of drug-likeness (QED) is 0.310. The monoisotopic (exact) mass is 477 g/mol. The van der Waals surface area contributed by atoms with E-state index in [4.69, 9.17) is 0 Å². The summed E-state index contributed by atoms with van der Waals surface area (Å²) in [5.41, 5.74) is 0.748. The van der Waals surface area contributed by atoms with Crippen molar-refractivity contribution in [2.45, 2.75) is 12.5 Å². The Morgan fingerprint density at radius 2 is 1.47 bits per heavy atom. The second kappa shape index (κ2) is 9.11. The van der Waals surface area contributed by atoms with Crippen LogP contribution in [0.1, 0.15) is 33.2 Å². The highest BCUT2D eigenvalue weighted by atomic mass is 16.2. The number of ketones is 1. The van der Waals surface area contributed by atoms with E-state index in [0.717, 1.165) is 15.7 Å². The molecule has 0 aliphatic carbocycles. The predicted octanol–water partition coefficient (Wildman–Crippen LogP) is 4.74. The Hall–Kier alpha value is -4.78. The van der Waals surface area contributed by atoms with Crippen LogP contribution in [0.5, 0.6) is 0 Å². The van der Waals surface area contributed by atoms with Crippen molar-refractivity contribution in [3.05, 3.63) is 114 Å². The van der Waals surface area contributed by atoms with Gasteiger partial charge in [0.2, 0.25) is 0 Å². The van der Waals surface area contributed by atoms with Gasteiger partial charge in [0, 0.05) is 16.8 Å². The lowest BCUT2D eigenvalue weighted by Gasteiger charge is -2.22. The summed E-state index contributed by atoms with van der Waals surface area (Å²) in [7, 11) is 0. The fourth-order valence-corrected chi connectivity index (χ4v) is 4.30.